The highest BCUT2D eigenvalue weighted by Crippen LogP contribution is 2.47. The molecule has 0 saturated carbocycles. The highest BCUT2D eigenvalue weighted by molar-refractivity contribution is 6.14. The van der Waals surface area contributed by atoms with E-state index in [4.69, 9.17) is 13.9 Å². The van der Waals surface area contributed by atoms with Gasteiger partial charge in [-0.05, 0) is 30.6 Å². The number of fused-ring (bicyclic) bond motifs is 6. The van der Waals surface area contributed by atoms with Crippen molar-refractivity contribution in [3.63, 3.8) is 0 Å². The van der Waals surface area contributed by atoms with Gasteiger partial charge in [0.1, 0.15) is 23.2 Å². The van der Waals surface area contributed by atoms with Crippen LogP contribution in [0.3, 0.4) is 0 Å². The number of ketones is 1. The molecule has 3 heterocycles. The van der Waals surface area contributed by atoms with E-state index in [9.17, 15) is 9.59 Å². The topological polar surface area (TPSA) is 65.7 Å². The third-order valence-corrected chi connectivity index (χ3v) is 5.22. The third kappa shape index (κ3) is 2.85. The van der Waals surface area contributed by atoms with Crippen molar-refractivity contribution in [3.8, 4) is 11.5 Å². The van der Waals surface area contributed by atoms with Crippen LogP contribution in [0.2, 0.25) is 0 Å². The van der Waals surface area contributed by atoms with Crippen LogP contribution in [0.4, 0.5) is 0 Å². The molecule has 2 atom stereocenters. The highest BCUT2D eigenvalue weighted by Gasteiger charge is 2.35. The molecule has 2 aliphatic rings. The van der Waals surface area contributed by atoms with Gasteiger partial charge in [0.15, 0.2) is 11.4 Å². The van der Waals surface area contributed by atoms with E-state index < -0.39 is 5.63 Å². The Labute approximate surface area is 158 Å². The first-order chi connectivity index (χ1) is 13.0. The average molecular weight is 368 g/mol. The Balaban J connectivity index is 2.09. The maximum absolute atomic E-state index is 13.0. The molecule has 5 heteroatoms. The summed E-state index contributed by atoms with van der Waals surface area (Å²) in [5.74, 6) is 0.813. The standard InChI is InChI=1S/C22H24O5/c1-4-6-13-10-16(23)27-22-17(13)21-15(9-8-14(26-21)7-5-2)20-18(22)19(24)12(3)11-25-20/h8-10,12,14H,4-7,11H2,1-3H3. The fourth-order valence-corrected chi connectivity index (χ4v) is 3.92. The number of aryl methyl sites for hydroxylation is 1. The Morgan fingerprint density at radius 1 is 1.15 bits per heavy atom. The van der Waals surface area contributed by atoms with Crippen molar-refractivity contribution >= 4 is 22.8 Å². The van der Waals surface area contributed by atoms with Gasteiger partial charge in [-0.1, -0.05) is 33.6 Å². The number of hydrogen-bond donors (Lipinski definition) is 0. The van der Waals surface area contributed by atoms with E-state index in [1.165, 1.54) is 6.07 Å². The summed E-state index contributed by atoms with van der Waals surface area (Å²) in [5.41, 5.74) is 1.87. The van der Waals surface area contributed by atoms with Crippen molar-refractivity contribution in [2.75, 3.05) is 6.61 Å². The maximum Gasteiger partial charge on any atom is 0.336 e. The summed E-state index contributed by atoms with van der Waals surface area (Å²) in [7, 11) is 0. The number of carbonyl (C=O) groups is 1. The zero-order valence-corrected chi connectivity index (χ0v) is 16.0. The van der Waals surface area contributed by atoms with E-state index in [0.717, 1.165) is 35.8 Å². The second-order valence-corrected chi connectivity index (χ2v) is 7.37. The van der Waals surface area contributed by atoms with Crippen molar-refractivity contribution in [2.24, 2.45) is 5.92 Å². The molecule has 0 radical (unpaired) electrons. The molecule has 2 aliphatic heterocycles. The predicted molar refractivity (Wildman–Crippen MR) is 104 cm³/mol. The van der Waals surface area contributed by atoms with Crippen LogP contribution in [-0.4, -0.2) is 18.5 Å². The van der Waals surface area contributed by atoms with Gasteiger partial charge in [0.05, 0.1) is 23.5 Å². The molecule has 0 fully saturated rings. The van der Waals surface area contributed by atoms with Crippen LogP contribution in [0.15, 0.2) is 21.4 Å². The van der Waals surface area contributed by atoms with Gasteiger partial charge in [0, 0.05) is 6.07 Å². The summed E-state index contributed by atoms with van der Waals surface area (Å²) < 4.78 is 17.8. The monoisotopic (exact) mass is 368 g/mol. The van der Waals surface area contributed by atoms with Crippen LogP contribution >= 0.6 is 0 Å². The second-order valence-electron chi connectivity index (χ2n) is 7.37. The van der Waals surface area contributed by atoms with Crippen LogP contribution in [0.25, 0.3) is 17.0 Å². The minimum Gasteiger partial charge on any atom is -0.491 e. The van der Waals surface area contributed by atoms with E-state index in [-0.39, 0.29) is 17.8 Å². The minimum atomic E-state index is -0.449. The van der Waals surface area contributed by atoms with Gasteiger partial charge in [0.2, 0.25) is 0 Å². The molecule has 0 saturated heterocycles. The molecular weight excluding hydrogens is 344 g/mol. The first kappa shape index (κ1) is 17.8. The van der Waals surface area contributed by atoms with Crippen LogP contribution in [-0.2, 0) is 6.42 Å². The van der Waals surface area contributed by atoms with Gasteiger partial charge in [-0.25, -0.2) is 4.79 Å². The highest BCUT2D eigenvalue weighted by atomic mass is 16.5. The molecule has 0 N–H and O–H groups in total. The summed E-state index contributed by atoms with van der Waals surface area (Å²) in [6, 6.07) is 1.52. The van der Waals surface area contributed by atoms with Gasteiger partial charge in [-0.15, -0.1) is 0 Å². The lowest BCUT2D eigenvalue weighted by atomic mass is 9.89. The Morgan fingerprint density at radius 3 is 2.70 bits per heavy atom. The summed E-state index contributed by atoms with van der Waals surface area (Å²) in [4.78, 5) is 25.2. The SMILES string of the molecule is CCCc1cc(=O)oc2c3c(c4c(c12)OC(CCC)C=C4)OCC(C)C3=O. The average Bonchev–Trinajstić information content (AvgIpc) is 2.64. The van der Waals surface area contributed by atoms with Gasteiger partial charge >= 0.3 is 5.63 Å². The number of benzene rings is 1. The van der Waals surface area contributed by atoms with Crippen LogP contribution in [0.5, 0.6) is 11.5 Å². The zero-order valence-electron chi connectivity index (χ0n) is 16.0. The lowest BCUT2D eigenvalue weighted by Crippen LogP contribution is -2.28. The number of carbonyl (C=O) groups excluding carboxylic acids is 1. The van der Waals surface area contributed by atoms with Gasteiger partial charge in [-0.2, -0.15) is 0 Å². The molecule has 5 nitrogen and oxygen atoms in total. The molecule has 0 spiro atoms. The molecule has 4 rings (SSSR count). The van der Waals surface area contributed by atoms with Gasteiger partial charge < -0.3 is 13.9 Å². The van der Waals surface area contributed by atoms with Gasteiger partial charge in [-0.3, -0.25) is 4.79 Å². The Kier molecular flexibility index (Phi) is 4.54. The third-order valence-electron chi connectivity index (χ3n) is 5.22. The summed E-state index contributed by atoms with van der Waals surface area (Å²) in [6.07, 6.45) is 7.44. The van der Waals surface area contributed by atoms with E-state index in [1.54, 1.807) is 0 Å². The van der Waals surface area contributed by atoms with Crippen LogP contribution in [0.1, 0.15) is 61.5 Å². The number of Topliss-reactive ketones (excluding diaryl/α,β-unsaturated/α-hetero) is 1. The molecule has 27 heavy (non-hydrogen) atoms. The van der Waals surface area contributed by atoms with Crippen molar-refractivity contribution in [2.45, 2.75) is 52.6 Å². The second kappa shape index (κ2) is 6.87. The summed E-state index contributed by atoms with van der Waals surface area (Å²) >= 11 is 0. The van der Waals surface area contributed by atoms with E-state index in [0.29, 0.717) is 35.7 Å². The fraction of sp³-hybridized carbons (Fsp3) is 0.455. The van der Waals surface area contributed by atoms with Crippen molar-refractivity contribution in [1.82, 2.24) is 0 Å². The fourth-order valence-electron chi connectivity index (χ4n) is 3.92. The van der Waals surface area contributed by atoms with Crippen LogP contribution in [0, 0.1) is 5.92 Å². The molecule has 1 aromatic carbocycles. The van der Waals surface area contributed by atoms with E-state index in [1.807, 2.05) is 19.1 Å². The zero-order chi connectivity index (χ0) is 19.1. The number of ether oxygens (including phenoxy) is 2. The predicted octanol–water partition coefficient (Wildman–Crippen LogP) is 4.53. The molecule has 0 aliphatic carbocycles. The van der Waals surface area contributed by atoms with Crippen LogP contribution < -0.4 is 15.1 Å². The molecule has 2 unspecified atom stereocenters. The molecule has 1 aromatic heterocycles. The smallest absolute Gasteiger partial charge is 0.336 e. The normalized spacial score (nSPS) is 20.8. The largest absolute Gasteiger partial charge is 0.491 e. The first-order valence-electron chi connectivity index (χ1n) is 9.73. The lowest BCUT2D eigenvalue weighted by Gasteiger charge is -2.29. The molecule has 0 bridgehead atoms. The lowest BCUT2D eigenvalue weighted by molar-refractivity contribution is 0.0848. The van der Waals surface area contributed by atoms with Crippen molar-refractivity contribution in [1.29, 1.82) is 0 Å². The first-order valence-corrected chi connectivity index (χ1v) is 9.73. The molecule has 0 amide bonds. The maximum atomic E-state index is 13.0. The Hall–Kier alpha value is -2.56. The Bertz CT molecular complexity index is 998. The van der Waals surface area contributed by atoms with Gasteiger partial charge in [0.25, 0.3) is 0 Å². The molecule has 142 valence electrons. The Morgan fingerprint density at radius 2 is 1.96 bits per heavy atom. The summed E-state index contributed by atoms with van der Waals surface area (Å²) in [6.45, 7) is 6.31. The number of hydrogen-bond acceptors (Lipinski definition) is 5. The minimum absolute atomic E-state index is 0.0385. The van der Waals surface area contributed by atoms with E-state index in [2.05, 4.69) is 13.8 Å². The molecule has 2 aromatic rings. The quantitative estimate of drug-likeness (QED) is 0.742. The molecular formula is C22H24O5. The van der Waals surface area contributed by atoms with Crippen molar-refractivity contribution in [3.05, 3.63) is 39.3 Å². The van der Waals surface area contributed by atoms with E-state index >= 15 is 0 Å². The summed E-state index contributed by atoms with van der Waals surface area (Å²) in [5, 5.41) is 0.738. The number of rotatable bonds is 4. The van der Waals surface area contributed by atoms with Crippen molar-refractivity contribution < 1.29 is 18.7 Å².